The van der Waals surface area contributed by atoms with Gasteiger partial charge in [-0.1, -0.05) is 38.1 Å². The summed E-state index contributed by atoms with van der Waals surface area (Å²) in [4.78, 5) is 62.5. The Morgan fingerprint density at radius 2 is 1.84 bits per heavy atom. The summed E-state index contributed by atoms with van der Waals surface area (Å²) in [5.74, 6) is -2.08. The van der Waals surface area contributed by atoms with Crippen molar-refractivity contribution in [3.8, 4) is 5.88 Å². The number of rotatable bonds is 6. The number of benzene rings is 1. The summed E-state index contributed by atoms with van der Waals surface area (Å²) < 4.78 is 41.4. The smallest absolute Gasteiger partial charge is 0.408 e. The maximum Gasteiger partial charge on any atom is 0.408 e. The highest BCUT2D eigenvalue weighted by Crippen LogP contribution is 2.47. The van der Waals surface area contributed by atoms with Gasteiger partial charge >= 0.3 is 6.09 Å². The lowest BCUT2D eigenvalue weighted by Gasteiger charge is -2.33. The Morgan fingerprint density at radius 3 is 2.56 bits per heavy atom. The fourth-order valence-electron chi connectivity index (χ4n) is 7.77. The van der Waals surface area contributed by atoms with Crippen LogP contribution in [0, 0.1) is 17.8 Å². The van der Waals surface area contributed by atoms with E-state index in [2.05, 4.69) is 37.5 Å². The van der Waals surface area contributed by atoms with Gasteiger partial charge in [0.05, 0.1) is 22.2 Å². The summed E-state index contributed by atoms with van der Waals surface area (Å²) in [6, 6.07) is 5.21. The summed E-state index contributed by atoms with van der Waals surface area (Å²) in [5.41, 5.74) is -1.62. The number of alkyl carbamates (subject to hydrolysis) is 1. The van der Waals surface area contributed by atoms with Crippen molar-refractivity contribution in [3.05, 3.63) is 42.7 Å². The number of carbonyl (C=O) groups is 4. The van der Waals surface area contributed by atoms with Gasteiger partial charge in [-0.15, -0.1) is 10.2 Å². The lowest BCUT2D eigenvalue weighted by atomic mass is 9.88. The average molecular weight is 779 g/mol. The third-order valence-electron chi connectivity index (χ3n) is 11.3. The normalized spacial score (nSPS) is 30.3. The molecule has 4 heterocycles. The molecule has 7 rings (SSSR count). The predicted octanol–water partition coefficient (Wildman–Crippen LogP) is 3.40. The molecule has 2 aliphatic heterocycles. The van der Waals surface area contributed by atoms with Crippen LogP contribution >= 0.6 is 0 Å². The molecule has 1 saturated heterocycles. The molecule has 3 aromatic rings. The lowest BCUT2D eigenvalue weighted by molar-refractivity contribution is -0.142. The minimum atomic E-state index is -4.00. The van der Waals surface area contributed by atoms with Crippen LogP contribution in [0.3, 0.4) is 0 Å². The molecule has 2 aromatic heterocycles. The summed E-state index contributed by atoms with van der Waals surface area (Å²) in [6.07, 6.45) is 6.96. The molecule has 0 unspecified atom stereocenters. The summed E-state index contributed by atoms with van der Waals surface area (Å²) in [5, 5.41) is 14.5. The highest BCUT2D eigenvalue weighted by Gasteiger charge is 2.63. The molecule has 4 amide bonds. The second kappa shape index (κ2) is 14.0. The number of amides is 4. The first-order valence-electron chi connectivity index (χ1n) is 19.0. The minimum absolute atomic E-state index is 0.0178. The number of nitrogens with one attached hydrogen (secondary N) is 3. The first kappa shape index (κ1) is 38.5. The third-order valence-corrected chi connectivity index (χ3v) is 13.5. The van der Waals surface area contributed by atoms with Crippen molar-refractivity contribution in [2.75, 3.05) is 6.54 Å². The van der Waals surface area contributed by atoms with Crippen molar-refractivity contribution >= 4 is 50.5 Å². The van der Waals surface area contributed by atoms with Crippen LogP contribution in [0.25, 0.3) is 16.7 Å². The van der Waals surface area contributed by atoms with E-state index in [1.807, 2.05) is 43.3 Å². The number of hydrogen-bond donors (Lipinski definition) is 3. The molecule has 3 fully saturated rings. The Kier molecular flexibility index (Phi) is 9.83. The van der Waals surface area contributed by atoms with E-state index in [0.717, 1.165) is 11.9 Å². The first-order valence-corrected chi connectivity index (χ1v) is 20.5. The molecular weight excluding hydrogens is 729 g/mol. The number of ether oxygens (including phenoxy) is 2. The zero-order chi connectivity index (χ0) is 39.5. The molecule has 0 radical (unpaired) electrons. The fraction of sp³-hybridized carbons (Fsp3) is 0.605. The van der Waals surface area contributed by atoms with Crippen LogP contribution in [0.4, 0.5) is 4.79 Å². The van der Waals surface area contributed by atoms with Gasteiger partial charge in [0.2, 0.25) is 27.7 Å². The number of carbonyl (C=O) groups excluding carboxylic acids is 4. The van der Waals surface area contributed by atoms with Gasteiger partial charge in [0, 0.05) is 12.3 Å². The van der Waals surface area contributed by atoms with Crippen molar-refractivity contribution in [2.24, 2.45) is 17.8 Å². The van der Waals surface area contributed by atoms with E-state index in [1.54, 1.807) is 38.4 Å². The quantitative estimate of drug-likeness (QED) is 0.310. The van der Waals surface area contributed by atoms with Gasteiger partial charge in [-0.2, -0.15) is 4.98 Å². The molecular formula is C38H50N8O8S. The zero-order valence-corrected chi connectivity index (χ0v) is 32.9. The van der Waals surface area contributed by atoms with E-state index in [1.165, 1.54) is 4.90 Å². The third kappa shape index (κ3) is 7.71. The number of aromatic nitrogens is 4. The van der Waals surface area contributed by atoms with Crippen LogP contribution in [0.15, 0.2) is 42.7 Å². The van der Waals surface area contributed by atoms with Crippen LogP contribution in [0.5, 0.6) is 5.88 Å². The van der Waals surface area contributed by atoms with Crippen LogP contribution in [0.1, 0.15) is 86.5 Å². The van der Waals surface area contributed by atoms with E-state index in [0.29, 0.717) is 36.8 Å². The second-order valence-electron chi connectivity index (χ2n) is 17.0. The topological polar surface area (TPSA) is 203 Å². The molecule has 4 aliphatic rings. The molecule has 55 heavy (non-hydrogen) atoms. The molecule has 296 valence electrons. The van der Waals surface area contributed by atoms with E-state index < -0.39 is 73.8 Å². The lowest BCUT2D eigenvalue weighted by Crippen LogP contribution is -2.59. The van der Waals surface area contributed by atoms with Gasteiger partial charge < -0.3 is 25.0 Å². The molecule has 0 bridgehead atoms. The summed E-state index contributed by atoms with van der Waals surface area (Å²) in [6.45, 7) is 10.7. The molecule has 2 saturated carbocycles. The highest BCUT2D eigenvalue weighted by atomic mass is 32.2. The van der Waals surface area contributed by atoms with Crippen molar-refractivity contribution in [1.82, 2.24) is 39.8 Å². The largest absolute Gasteiger partial charge is 0.472 e. The molecule has 7 atom stereocenters. The van der Waals surface area contributed by atoms with Crippen LogP contribution < -0.4 is 20.1 Å². The van der Waals surface area contributed by atoms with Crippen molar-refractivity contribution in [3.63, 3.8) is 0 Å². The minimum Gasteiger partial charge on any atom is -0.472 e. The maximum absolute atomic E-state index is 14.8. The monoisotopic (exact) mass is 778 g/mol. The number of para-hydroxylation sites is 1. The second-order valence-corrected chi connectivity index (χ2v) is 19.2. The standard InChI is InChI=1S/C38H50N8O8S/c1-22-11-7-8-12-24-19-38(24,33(49)44-55(51,52)37(6)15-16-37)42-30(47)28-18-25(53-31-26-13-9-10-14-27(26)46-21-39-43-34(46)41-31)20-45(28)32(48)29(23(2)17-22)40-35(50)54-36(3,4)5/h8-10,12-14,21-25,28-29H,7,11,15-20H2,1-6H3,(H,40,50)(H,42,47)(H,44,49)/b12-8-/t22-,23-,24-,25-,28+,29+,38-/m1/s1. The van der Waals surface area contributed by atoms with Crippen molar-refractivity contribution in [1.29, 1.82) is 0 Å². The molecule has 17 heteroatoms. The number of allylic oxidation sites excluding steroid dienone is 1. The van der Waals surface area contributed by atoms with Gasteiger partial charge in [-0.05, 0) is 90.2 Å². The van der Waals surface area contributed by atoms with Gasteiger partial charge in [0.25, 0.3) is 11.7 Å². The number of sulfonamides is 1. The molecule has 0 spiro atoms. The number of fused-ring (bicyclic) bond motifs is 5. The Balaban J connectivity index is 1.24. The predicted molar refractivity (Wildman–Crippen MR) is 201 cm³/mol. The average Bonchev–Trinajstić information content (AvgIpc) is 3.89. The molecule has 3 N–H and O–H groups in total. The fourth-order valence-corrected chi connectivity index (χ4v) is 9.08. The summed E-state index contributed by atoms with van der Waals surface area (Å²) in [7, 11) is -4.00. The molecule has 1 aromatic carbocycles. The van der Waals surface area contributed by atoms with Crippen molar-refractivity contribution in [2.45, 2.75) is 121 Å². The molecule has 2 aliphatic carbocycles. The Morgan fingerprint density at radius 1 is 1.09 bits per heavy atom. The number of nitrogens with zero attached hydrogens (tertiary/aromatic N) is 5. The Labute approximate surface area is 320 Å². The zero-order valence-electron chi connectivity index (χ0n) is 32.1. The molecule has 16 nitrogen and oxygen atoms in total. The van der Waals surface area contributed by atoms with E-state index in [-0.39, 0.29) is 37.1 Å². The maximum atomic E-state index is 14.8. The SMILES string of the molecule is C[C@@H]1CC/C=C\[C@@H]2C[C@@]2(C(=O)NS(=O)(=O)C2(C)CC2)NC(=O)[C@@H]2C[C@@H](Oc3nc4nncn4c4ccccc34)CN2C(=O)[C@@H](NC(=O)OC(C)(C)C)[C@H](C)C1. The Bertz CT molecular complexity index is 2160. The number of hydrogen-bond acceptors (Lipinski definition) is 11. The van der Waals surface area contributed by atoms with Gasteiger partial charge in [-0.25, -0.2) is 13.2 Å². The van der Waals surface area contributed by atoms with E-state index in [4.69, 9.17) is 9.47 Å². The van der Waals surface area contributed by atoms with Crippen LogP contribution in [-0.4, -0.2) is 97.3 Å². The van der Waals surface area contributed by atoms with Gasteiger partial charge in [0.1, 0.15) is 35.7 Å². The van der Waals surface area contributed by atoms with Gasteiger partial charge in [-0.3, -0.25) is 23.5 Å². The first-order chi connectivity index (χ1) is 25.9. The van der Waals surface area contributed by atoms with Gasteiger partial charge in [0.15, 0.2) is 0 Å². The summed E-state index contributed by atoms with van der Waals surface area (Å²) >= 11 is 0. The van der Waals surface area contributed by atoms with Crippen molar-refractivity contribution < 1.29 is 37.1 Å². The van der Waals surface area contributed by atoms with Crippen LogP contribution in [-0.2, 0) is 29.1 Å². The Hall–Kier alpha value is -4.80. The van der Waals surface area contributed by atoms with E-state index in [9.17, 15) is 27.6 Å². The highest BCUT2D eigenvalue weighted by molar-refractivity contribution is 7.91. The van der Waals surface area contributed by atoms with Crippen LogP contribution in [0.2, 0.25) is 0 Å². The van der Waals surface area contributed by atoms with E-state index >= 15 is 0 Å².